The fourth-order valence-corrected chi connectivity index (χ4v) is 1.61. The summed E-state index contributed by atoms with van der Waals surface area (Å²) < 4.78 is 4.09. The number of hydrogen-bond donors (Lipinski definition) is 0. The van der Waals surface area contributed by atoms with Crippen molar-refractivity contribution in [2.45, 2.75) is 6.92 Å². The first-order valence-corrected chi connectivity index (χ1v) is 4.82. The second-order valence-corrected chi connectivity index (χ2v) is 3.61. The van der Waals surface area contributed by atoms with E-state index in [1.807, 2.05) is 13.0 Å². The second-order valence-electron chi connectivity index (χ2n) is 2.83. The summed E-state index contributed by atoms with van der Waals surface area (Å²) in [5, 5.41) is 1.96. The number of carbonyl (C=O) groups is 1. The van der Waals surface area contributed by atoms with Crippen LogP contribution in [0.3, 0.4) is 0 Å². The normalized spacial score (nSPS) is 10.0. The highest BCUT2D eigenvalue weighted by Crippen LogP contribution is 2.20. The molecule has 0 aliphatic rings. The zero-order chi connectivity index (χ0) is 10.7. The van der Waals surface area contributed by atoms with Crippen molar-refractivity contribution >= 4 is 22.6 Å². The first-order valence-electron chi connectivity index (χ1n) is 4.05. The molecule has 78 valence electrons. The second kappa shape index (κ2) is 4.39. The number of hydroxylamine groups is 2. The molecule has 1 aromatic heterocycles. The average molecular weight is 215 g/mol. The largest absolute Gasteiger partial charge is 0.348 e. The molecule has 0 unspecified atom stereocenters. The van der Waals surface area contributed by atoms with Crippen molar-refractivity contribution in [2.24, 2.45) is 0 Å². The van der Waals surface area contributed by atoms with Gasteiger partial charge < -0.3 is 0 Å². The van der Waals surface area contributed by atoms with E-state index < -0.39 is 0 Å². The molecule has 0 saturated heterocycles. The minimum atomic E-state index is -0.226. The zero-order valence-corrected chi connectivity index (χ0v) is 9.46. The molecule has 2 amide bonds. The number of carbonyl (C=O) groups excluding carboxylic acids is 1. The number of amides is 2. The molecule has 0 N–H and O–H groups in total. The number of aryl methyl sites for hydroxylation is 1. The minimum absolute atomic E-state index is 0.226. The molecule has 0 radical (unpaired) electrons. The van der Waals surface area contributed by atoms with Crippen LogP contribution in [0.1, 0.15) is 5.69 Å². The maximum Gasteiger partial charge on any atom is 0.348 e. The first kappa shape index (κ1) is 10.9. The van der Waals surface area contributed by atoms with Crippen molar-refractivity contribution < 1.29 is 9.63 Å². The summed E-state index contributed by atoms with van der Waals surface area (Å²) in [6, 6.07) is 1.63. The van der Waals surface area contributed by atoms with Gasteiger partial charge in [-0.15, -0.1) is 0 Å². The molecule has 5 nitrogen and oxygen atoms in total. The van der Waals surface area contributed by atoms with Gasteiger partial charge in [-0.05, 0) is 24.5 Å². The molecule has 0 saturated carbocycles. The number of anilines is 1. The van der Waals surface area contributed by atoms with Crippen LogP contribution >= 0.6 is 11.5 Å². The van der Waals surface area contributed by atoms with E-state index in [9.17, 15) is 4.79 Å². The number of rotatable bonds is 2. The predicted molar refractivity (Wildman–Crippen MR) is 55.4 cm³/mol. The van der Waals surface area contributed by atoms with Crippen LogP contribution in [-0.4, -0.2) is 36.7 Å². The SMILES string of the molecule is CON(C)C(=O)N(C)c1cc(C)ns1. The van der Waals surface area contributed by atoms with E-state index in [0.717, 1.165) is 15.8 Å². The quantitative estimate of drug-likeness (QED) is 0.702. The molecule has 0 aliphatic carbocycles. The zero-order valence-electron chi connectivity index (χ0n) is 8.64. The lowest BCUT2D eigenvalue weighted by molar-refractivity contribution is -0.0618. The summed E-state index contributed by atoms with van der Waals surface area (Å²) in [4.78, 5) is 17.9. The van der Waals surface area contributed by atoms with E-state index in [2.05, 4.69) is 4.37 Å². The topological polar surface area (TPSA) is 45.7 Å². The van der Waals surface area contributed by atoms with Gasteiger partial charge >= 0.3 is 6.03 Å². The highest BCUT2D eigenvalue weighted by molar-refractivity contribution is 7.10. The Morgan fingerprint density at radius 1 is 1.57 bits per heavy atom. The summed E-state index contributed by atoms with van der Waals surface area (Å²) >= 11 is 1.29. The van der Waals surface area contributed by atoms with E-state index in [1.165, 1.54) is 23.5 Å². The molecule has 0 atom stereocenters. The lowest BCUT2D eigenvalue weighted by Crippen LogP contribution is -2.37. The van der Waals surface area contributed by atoms with Gasteiger partial charge in [0.2, 0.25) is 0 Å². The summed E-state index contributed by atoms with van der Waals surface area (Å²) in [6.45, 7) is 1.89. The Morgan fingerprint density at radius 2 is 2.21 bits per heavy atom. The molecule has 0 bridgehead atoms. The van der Waals surface area contributed by atoms with Gasteiger partial charge in [0.1, 0.15) is 5.00 Å². The van der Waals surface area contributed by atoms with Gasteiger partial charge in [-0.25, -0.2) is 9.86 Å². The summed E-state index contributed by atoms with van der Waals surface area (Å²) in [5.41, 5.74) is 0.907. The lowest BCUT2D eigenvalue weighted by Gasteiger charge is -2.20. The lowest BCUT2D eigenvalue weighted by atomic mass is 10.5. The molecule has 1 aromatic rings. The summed E-state index contributed by atoms with van der Waals surface area (Å²) in [5.74, 6) is 0. The third-order valence-electron chi connectivity index (χ3n) is 1.78. The molecule has 0 spiro atoms. The minimum Gasteiger partial charge on any atom is -0.285 e. The predicted octanol–water partition coefficient (Wildman–Crippen LogP) is 1.50. The average Bonchev–Trinajstić information content (AvgIpc) is 2.61. The van der Waals surface area contributed by atoms with E-state index in [4.69, 9.17) is 4.84 Å². The number of urea groups is 1. The number of hydrogen-bond acceptors (Lipinski definition) is 4. The van der Waals surface area contributed by atoms with Crippen molar-refractivity contribution in [1.29, 1.82) is 0 Å². The third kappa shape index (κ3) is 2.21. The smallest absolute Gasteiger partial charge is 0.285 e. The van der Waals surface area contributed by atoms with Crippen molar-refractivity contribution in [3.05, 3.63) is 11.8 Å². The number of nitrogens with zero attached hydrogens (tertiary/aromatic N) is 3. The van der Waals surface area contributed by atoms with E-state index in [0.29, 0.717) is 0 Å². The maximum atomic E-state index is 11.6. The first-order chi connectivity index (χ1) is 6.56. The molecular formula is C8H13N3O2S. The highest BCUT2D eigenvalue weighted by atomic mass is 32.1. The van der Waals surface area contributed by atoms with Crippen LogP contribution in [0.25, 0.3) is 0 Å². The van der Waals surface area contributed by atoms with E-state index in [-0.39, 0.29) is 6.03 Å². The van der Waals surface area contributed by atoms with Crippen molar-refractivity contribution in [1.82, 2.24) is 9.44 Å². The number of aromatic nitrogens is 1. The fourth-order valence-electron chi connectivity index (χ4n) is 0.892. The summed E-state index contributed by atoms with van der Waals surface area (Å²) in [6.07, 6.45) is 0. The van der Waals surface area contributed by atoms with E-state index in [1.54, 1.807) is 14.1 Å². The molecule has 0 aromatic carbocycles. The van der Waals surface area contributed by atoms with Gasteiger partial charge in [-0.3, -0.25) is 9.74 Å². The van der Waals surface area contributed by atoms with Gasteiger partial charge in [0, 0.05) is 14.1 Å². The van der Waals surface area contributed by atoms with Gasteiger partial charge in [-0.1, -0.05) is 0 Å². The van der Waals surface area contributed by atoms with Gasteiger partial charge in [0.25, 0.3) is 0 Å². The molecule has 6 heteroatoms. The van der Waals surface area contributed by atoms with Crippen LogP contribution < -0.4 is 4.90 Å². The molecule has 14 heavy (non-hydrogen) atoms. The molecular weight excluding hydrogens is 202 g/mol. The van der Waals surface area contributed by atoms with Crippen LogP contribution in [0, 0.1) is 6.92 Å². The Morgan fingerprint density at radius 3 is 2.64 bits per heavy atom. The Balaban J connectivity index is 2.75. The third-order valence-corrected chi connectivity index (χ3v) is 2.73. The maximum absolute atomic E-state index is 11.6. The van der Waals surface area contributed by atoms with Crippen molar-refractivity contribution in [3.63, 3.8) is 0 Å². The molecule has 1 heterocycles. The van der Waals surface area contributed by atoms with Gasteiger partial charge in [0.05, 0.1) is 12.8 Å². The van der Waals surface area contributed by atoms with Crippen LogP contribution in [0.4, 0.5) is 9.80 Å². The summed E-state index contributed by atoms with van der Waals surface area (Å²) in [7, 11) is 4.70. The van der Waals surface area contributed by atoms with Crippen molar-refractivity contribution in [3.8, 4) is 0 Å². The Hall–Kier alpha value is -1.14. The molecule has 1 rings (SSSR count). The molecule has 0 aliphatic heterocycles. The Bertz CT molecular complexity index is 326. The standard InChI is InChI=1S/C8H13N3O2S/c1-6-5-7(14-9-6)10(2)8(12)11(3)13-4/h5H,1-4H3. The van der Waals surface area contributed by atoms with Crippen LogP contribution in [0.15, 0.2) is 6.07 Å². The van der Waals surface area contributed by atoms with Crippen molar-refractivity contribution in [2.75, 3.05) is 26.1 Å². The molecule has 0 fully saturated rings. The van der Waals surface area contributed by atoms with Crippen LogP contribution in [0.2, 0.25) is 0 Å². The fraction of sp³-hybridized carbons (Fsp3) is 0.500. The Labute approximate surface area is 87.0 Å². The highest BCUT2D eigenvalue weighted by Gasteiger charge is 2.17. The van der Waals surface area contributed by atoms with E-state index >= 15 is 0 Å². The van der Waals surface area contributed by atoms with Gasteiger partial charge in [0.15, 0.2) is 0 Å². The monoisotopic (exact) mass is 215 g/mol. The van der Waals surface area contributed by atoms with Crippen LogP contribution in [0.5, 0.6) is 0 Å². The Kier molecular flexibility index (Phi) is 3.43. The van der Waals surface area contributed by atoms with Gasteiger partial charge in [-0.2, -0.15) is 4.37 Å². The van der Waals surface area contributed by atoms with Crippen LogP contribution in [-0.2, 0) is 4.84 Å².